The quantitative estimate of drug-likeness (QED) is 0.642. The molecule has 4 heteroatoms. The molecule has 1 aromatic carbocycles. The first-order valence-corrected chi connectivity index (χ1v) is 8.73. The third kappa shape index (κ3) is 5.20. The van der Waals surface area contributed by atoms with Gasteiger partial charge in [0.25, 0.3) is 0 Å². The second-order valence-corrected chi connectivity index (χ2v) is 6.54. The molecule has 0 spiro atoms. The number of ketones is 1. The number of carbonyl (C=O) groups excluding carboxylic acids is 2. The van der Waals surface area contributed by atoms with Crippen molar-refractivity contribution in [2.75, 3.05) is 5.75 Å². The predicted octanol–water partition coefficient (Wildman–Crippen LogP) is 3.82. The summed E-state index contributed by atoms with van der Waals surface area (Å²) >= 11 is 1.52. The van der Waals surface area contributed by atoms with E-state index in [1.807, 2.05) is 31.2 Å². The Hall–Kier alpha value is -1.29. The van der Waals surface area contributed by atoms with Crippen molar-refractivity contribution in [3.63, 3.8) is 0 Å². The lowest BCUT2D eigenvalue weighted by Crippen LogP contribution is -2.37. The molecule has 1 aliphatic carbocycles. The molecule has 2 rings (SSSR count). The topological polar surface area (TPSA) is 46.2 Å². The lowest BCUT2D eigenvalue weighted by molar-refractivity contribution is -0.119. The summed E-state index contributed by atoms with van der Waals surface area (Å²) in [4.78, 5) is 24.5. The first-order valence-electron chi connectivity index (χ1n) is 7.74. The molecule has 0 aliphatic heterocycles. The maximum absolute atomic E-state index is 11.9. The summed E-state index contributed by atoms with van der Waals surface area (Å²) in [5, 5.41) is 3.11. The maximum Gasteiger partial charge on any atom is 0.230 e. The SMILES string of the molecule is CCC(=O)c1ccc(SCC(=O)NC2CCCCC2)cc1. The van der Waals surface area contributed by atoms with Crippen LogP contribution in [0.5, 0.6) is 0 Å². The molecule has 114 valence electrons. The Kier molecular flexibility index (Phi) is 6.30. The average Bonchev–Trinajstić information content (AvgIpc) is 2.53. The Labute approximate surface area is 130 Å². The molecule has 21 heavy (non-hydrogen) atoms. The van der Waals surface area contributed by atoms with Crippen LogP contribution in [0.2, 0.25) is 0 Å². The van der Waals surface area contributed by atoms with Crippen LogP contribution < -0.4 is 5.32 Å². The van der Waals surface area contributed by atoms with Crippen LogP contribution in [-0.2, 0) is 4.79 Å². The molecule has 0 heterocycles. The second kappa shape index (κ2) is 8.23. The third-order valence-electron chi connectivity index (χ3n) is 3.84. The van der Waals surface area contributed by atoms with Crippen molar-refractivity contribution in [3.05, 3.63) is 29.8 Å². The van der Waals surface area contributed by atoms with Crippen molar-refractivity contribution >= 4 is 23.5 Å². The highest BCUT2D eigenvalue weighted by molar-refractivity contribution is 8.00. The van der Waals surface area contributed by atoms with E-state index in [2.05, 4.69) is 5.32 Å². The molecule has 0 atom stereocenters. The summed E-state index contributed by atoms with van der Waals surface area (Å²) in [7, 11) is 0. The summed E-state index contributed by atoms with van der Waals surface area (Å²) in [6.45, 7) is 1.86. The number of Topliss-reactive ketones (excluding diaryl/α,β-unsaturated/α-hetero) is 1. The van der Waals surface area contributed by atoms with E-state index in [4.69, 9.17) is 0 Å². The van der Waals surface area contributed by atoms with Crippen LogP contribution >= 0.6 is 11.8 Å². The van der Waals surface area contributed by atoms with E-state index in [0.717, 1.165) is 23.3 Å². The van der Waals surface area contributed by atoms with Gasteiger partial charge in [0, 0.05) is 22.9 Å². The van der Waals surface area contributed by atoms with Gasteiger partial charge < -0.3 is 5.32 Å². The molecule has 0 unspecified atom stereocenters. The number of thioether (sulfide) groups is 1. The number of nitrogens with one attached hydrogen (secondary N) is 1. The molecule has 0 bridgehead atoms. The maximum atomic E-state index is 11.9. The van der Waals surface area contributed by atoms with E-state index in [1.54, 1.807) is 0 Å². The fraction of sp³-hybridized carbons (Fsp3) is 0.529. The summed E-state index contributed by atoms with van der Waals surface area (Å²) in [6, 6.07) is 7.89. The number of rotatable bonds is 6. The molecule has 1 saturated carbocycles. The van der Waals surface area contributed by atoms with Gasteiger partial charge in [0.1, 0.15) is 0 Å². The summed E-state index contributed by atoms with van der Waals surface area (Å²) in [6.07, 6.45) is 6.50. The molecule has 0 radical (unpaired) electrons. The zero-order chi connectivity index (χ0) is 15.1. The lowest BCUT2D eigenvalue weighted by Gasteiger charge is -2.22. The number of hydrogen-bond donors (Lipinski definition) is 1. The van der Waals surface area contributed by atoms with Gasteiger partial charge in [0.2, 0.25) is 5.91 Å². The fourth-order valence-corrected chi connectivity index (χ4v) is 3.32. The van der Waals surface area contributed by atoms with E-state index < -0.39 is 0 Å². The summed E-state index contributed by atoms with van der Waals surface area (Å²) in [5.41, 5.74) is 0.744. The Balaban J connectivity index is 1.76. The molecule has 1 N–H and O–H groups in total. The van der Waals surface area contributed by atoms with Gasteiger partial charge in [-0.1, -0.05) is 38.3 Å². The van der Waals surface area contributed by atoms with Crippen molar-refractivity contribution in [1.29, 1.82) is 0 Å². The Bertz CT molecular complexity index is 478. The van der Waals surface area contributed by atoms with E-state index in [0.29, 0.717) is 18.2 Å². The lowest BCUT2D eigenvalue weighted by atomic mass is 9.95. The predicted molar refractivity (Wildman–Crippen MR) is 86.8 cm³/mol. The van der Waals surface area contributed by atoms with Gasteiger partial charge in [-0.3, -0.25) is 9.59 Å². The van der Waals surface area contributed by atoms with Gasteiger partial charge in [-0.2, -0.15) is 0 Å². The van der Waals surface area contributed by atoms with Crippen molar-refractivity contribution < 1.29 is 9.59 Å². The van der Waals surface area contributed by atoms with Crippen LogP contribution in [0.15, 0.2) is 29.2 Å². The van der Waals surface area contributed by atoms with Crippen molar-refractivity contribution in [1.82, 2.24) is 5.32 Å². The van der Waals surface area contributed by atoms with Crippen LogP contribution in [0.1, 0.15) is 55.8 Å². The Morgan fingerprint density at radius 2 is 1.81 bits per heavy atom. The molecular weight excluding hydrogens is 282 g/mol. The summed E-state index contributed by atoms with van der Waals surface area (Å²) in [5.74, 6) is 0.708. The van der Waals surface area contributed by atoms with Gasteiger partial charge in [-0.05, 0) is 25.0 Å². The van der Waals surface area contributed by atoms with Crippen LogP contribution in [0, 0.1) is 0 Å². The minimum absolute atomic E-state index is 0.112. The average molecular weight is 305 g/mol. The fourth-order valence-electron chi connectivity index (χ4n) is 2.61. The van der Waals surface area contributed by atoms with Gasteiger partial charge in [0.05, 0.1) is 5.75 Å². The zero-order valence-electron chi connectivity index (χ0n) is 12.6. The molecule has 3 nitrogen and oxygen atoms in total. The van der Waals surface area contributed by atoms with Gasteiger partial charge in [0.15, 0.2) is 5.78 Å². The minimum atomic E-state index is 0.112. The minimum Gasteiger partial charge on any atom is -0.353 e. The largest absolute Gasteiger partial charge is 0.353 e. The first-order chi connectivity index (χ1) is 10.2. The highest BCUT2D eigenvalue weighted by atomic mass is 32.2. The van der Waals surface area contributed by atoms with Gasteiger partial charge in [-0.15, -0.1) is 11.8 Å². The first kappa shape index (κ1) is 16.1. The molecule has 1 fully saturated rings. The van der Waals surface area contributed by atoms with E-state index >= 15 is 0 Å². The van der Waals surface area contributed by atoms with Crippen LogP contribution in [0.4, 0.5) is 0 Å². The summed E-state index contributed by atoms with van der Waals surface area (Å²) < 4.78 is 0. The van der Waals surface area contributed by atoms with E-state index in [9.17, 15) is 9.59 Å². The molecule has 1 amide bonds. The number of amides is 1. The number of carbonyl (C=O) groups is 2. The van der Waals surface area contributed by atoms with Crippen LogP contribution in [0.3, 0.4) is 0 Å². The zero-order valence-corrected chi connectivity index (χ0v) is 13.4. The molecule has 1 aromatic rings. The molecule has 0 saturated heterocycles. The standard InChI is InChI=1S/C17H23NO2S/c1-2-16(19)13-8-10-15(11-9-13)21-12-17(20)18-14-6-4-3-5-7-14/h8-11,14H,2-7,12H2,1H3,(H,18,20). The normalized spacial score (nSPS) is 15.7. The number of benzene rings is 1. The highest BCUT2D eigenvalue weighted by Crippen LogP contribution is 2.20. The van der Waals surface area contributed by atoms with Crippen molar-refractivity contribution in [2.24, 2.45) is 0 Å². The van der Waals surface area contributed by atoms with E-state index in [-0.39, 0.29) is 11.7 Å². The van der Waals surface area contributed by atoms with Crippen molar-refractivity contribution in [2.45, 2.75) is 56.4 Å². The van der Waals surface area contributed by atoms with Crippen LogP contribution in [0.25, 0.3) is 0 Å². The number of hydrogen-bond acceptors (Lipinski definition) is 3. The Morgan fingerprint density at radius 1 is 1.14 bits per heavy atom. The van der Waals surface area contributed by atoms with E-state index in [1.165, 1.54) is 31.0 Å². The monoisotopic (exact) mass is 305 g/mol. The van der Waals surface area contributed by atoms with Crippen LogP contribution in [-0.4, -0.2) is 23.5 Å². The van der Waals surface area contributed by atoms with Gasteiger partial charge in [-0.25, -0.2) is 0 Å². The van der Waals surface area contributed by atoms with Crippen molar-refractivity contribution in [3.8, 4) is 0 Å². The van der Waals surface area contributed by atoms with Gasteiger partial charge >= 0.3 is 0 Å². The second-order valence-electron chi connectivity index (χ2n) is 5.49. The molecule has 1 aliphatic rings. The smallest absolute Gasteiger partial charge is 0.230 e. The highest BCUT2D eigenvalue weighted by Gasteiger charge is 2.15. The molecule has 0 aromatic heterocycles. The Morgan fingerprint density at radius 3 is 2.43 bits per heavy atom. The third-order valence-corrected chi connectivity index (χ3v) is 4.85. The molecular formula is C17H23NO2S.